The molecule has 1 aliphatic heterocycles. The Kier molecular flexibility index (Phi) is 3.97. The summed E-state index contributed by atoms with van der Waals surface area (Å²) in [6.45, 7) is 16.0. The maximum Gasteiger partial charge on any atom is 0.155 e. The molecule has 2 bridgehead atoms. The maximum atomic E-state index is 6.62. The predicted molar refractivity (Wildman–Crippen MR) is 80.3 cm³/mol. The first-order chi connectivity index (χ1) is 8.41. The summed E-state index contributed by atoms with van der Waals surface area (Å²) in [5.74, 6) is 2.71. The second-order valence-corrected chi connectivity index (χ2v) is 7.18. The Labute approximate surface area is 114 Å². The third-order valence-corrected chi connectivity index (χ3v) is 5.00. The van der Waals surface area contributed by atoms with Crippen molar-refractivity contribution in [2.45, 2.75) is 65.4 Å². The van der Waals surface area contributed by atoms with Gasteiger partial charge in [0.1, 0.15) is 0 Å². The van der Waals surface area contributed by atoms with Crippen molar-refractivity contribution in [1.82, 2.24) is 0 Å². The first kappa shape index (κ1) is 14.2. The monoisotopic (exact) mass is 248 g/mol. The lowest BCUT2D eigenvalue weighted by Gasteiger charge is -2.43. The van der Waals surface area contributed by atoms with Crippen LogP contribution in [0.5, 0.6) is 0 Å². The van der Waals surface area contributed by atoms with Crippen LogP contribution in [-0.4, -0.2) is 18.9 Å². The zero-order chi connectivity index (χ0) is 13.5. The average Bonchev–Trinajstić information content (AvgIpc) is 2.53. The Morgan fingerprint density at radius 3 is 2.56 bits per heavy atom. The third-order valence-electron chi connectivity index (χ3n) is 5.00. The molecule has 0 spiro atoms. The van der Waals surface area contributed by atoms with Crippen LogP contribution in [-0.2, 0) is 4.74 Å². The van der Waals surface area contributed by atoms with Crippen molar-refractivity contribution in [2.24, 2.45) is 23.7 Å². The molecule has 0 aromatic heterocycles. The van der Waals surface area contributed by atoms with Crippen LogP contribution in [0.15, 0.2) is 12.2 Å². The Morgan fingerprint density at radius 2 is 2.06 bits per heavy atom. The molecule has 1 aliphatic carbocycles. The highest BCUT2D eigenvalue weighted by molar-refractivity contribution is 6.35. The number of ether oxygens (including phenoxy) is 1. The Balaban J connectivity index is 2.35. The van der Waals surface area contributed by atoms with E-state index in [0.717, 1.165) is 7.28 Å². The minimum atomic E-state index is 0.148. The highest BCUT2D eigenvalue weighted by Crippen LogP contribution is 2.56. The number of hydrogen-bond acceptors (Lipinski definition) is 1. The zero-order valence-corrected chi connectivity index (χ0v) is 12.8. The van der Waals surface area contributed by atoms with Crippen LogP contribution in [0.1, 0.15) is 47.0 Å². The molecule has 2 rings (SSSR count). The Hall–Kier alpha value is -0.235. The van der Waals surface area contributed by atoms with Crippen molar-refractivity contribution >= 4 is 7.28 Å². The first-order valence-corrected chi connectivity index (χ1v) is 7.76. The molecule has 4 atom stereocenters. The van der Waals surface area contributed by atoms with Gasteiger partial charge >= 0.3 is 0 Å². The van der Waals surface area contributed by atoms with Gasteiger partial charge < -0.3 is 4.74 Å². The maximum absolute atomic E-state index is 6.62. The summed E-state index contributed by atoms with van der Waals surface area (Å²) in [5.41, 5.74) is 1.60. The van der Waals surface area contributed by atoms with Crippen LogP contribution in [0.3, 0.4) is 0 Å². The van der Waals surface area contributed by atoms with Gasteiger partial charge in [-0.05, 0) is 37.0 Å². The van der Waals surface area contributed by atoms with Crippen LogP contribution in [0.25, 0.3) is 0 Å². The molecular formula is C16H29BO. The minimum Gasteiger partial charge on any atom is -0.379 e. The number of fused-ring (bicyclic) bond motifs is 2. The highest BCUT2D eigenvalue weighted by atomic mass is 16.5. The zero-order valence-electron chi connectivity index (χ0n) is 12.8. The van der Waals surface area contributed by atoms with Crippen molar-refractivity contribution in [1.29, 1.82) is 0 Å². The van der Waals surface area contributed by atoms with E-state index in [2.05, 4.69) is 41.1 Å². The van der Waals surface area contributed by atoms with Crippen molar-refractivity contribution < 1.29 is 4.74 Å². The summed E-state index contributed by atoms with van der Waals surface area (Å²) in [6, 6.07) is 0.422. The highest BCUT2D eigenvalue weighted by Gasteiger charge is 2.57. The normalized spacial score (nSPS) is 39.7. The van der Waals surface area contributed by atoms with E-state index in [-0.39, 0.29) is 5.60 Å². The molecule has 1 heterocycles. The largest absolute Gasteiger partial charge is 0.379 e. The molecule has 1 saturated carbocycles. The van der Waals surface area contributed by atoms with Crippen molar-refractivity contribution in [3.05, 3.63) is 12.2 Å². The summed E-state index contributed by atoms with van der Waals surface area (Å²) in [4.78, 5) is 0. The van der Waals surface area contributed by atoms with E-state index < -0.39 is 0 Å². The van der Waals surface area contributed by atoms with Gasteiger partial charge in [-0.1, -0.05) is 46.7 Å². The molecule has 0 aromatic rings. The molecule has 102 valence electrons. The molecule has 2 fully saturated rings. The molecular weight excluding hydrogens is 219 g/mol. The van der Waals surface area contributed by atoms with Crippen LogP contribution < -0.4 is 0 Å². The fourth-order valence-electron chi connectivity index (χ4n) is 4.63. The standard InChI is InChI=1S/C16H29BO/c1-10(2)9-16-8-7-12(5)13(14(16)11(3)4)15(17-6)18-16/h10-11,13-15,17H,5,7-9H2,1-4,6H3. The second kappa shape index (κ2) is 5.04. The molecule has 18 heavy (non-hydrogen) atoms. The van der Waals surface area contributed by atoms with E-state index in [0.29, 0.717) is 29.7 Å². The predicted octanol–water partition coefficient (Wildman–Crippen LogP) is 3.85. The lowest BCUT2D eigenvalue weighted by molar-refractivity contribution is -0.0659. The molecule has 0 N–H and O–H groups in total. The van der Waals surface area contributed by atoms with Gasteiger partial charge in [-0.2, -0.15) is 0 Å². The molecule has 0 radical (unpaired) electrons. The smallest absolute Gasteiger partial charge is 0.155 e. The minimum absolute atomic E-state index is 0.148. The summed E-state index contributed by atoms with van der Waals surface area (Å²) < 4.78 is 6.62. The van der Waals surface area contributed by atoms with Crippen molar-refractivity contribution in [3.8, 4) is 0 Å². The van der Waals surface area contributed by atoms with Crippen molar-refractivity contribution in [3.63, 3.8) is 0 Å². The van der Waals surface area contributed by atoms with Crippen LogP contribution in [0.2, 0.25) is 6.82 Å². The van der Waals surface area contributed by atoms with E-state index in [1.807, 2.05) is 0 Å². The van der Waals surface area contributed by atoms with E-state index in [9.17, 15) is 0 Å². The fraction of sp³-hybridized carbons (Fsp3) is 0.875. The molecule has 2 aliphatic rings. The Bertz CT molecular complexity index is 323. The molecule has 2 heteroatoms. The topological polar surface area (TPSA) is 9.23 Å². The molecule has 0 amide bonds. The van der Waals surface area contributed by atoms with Gasteiger partial charge in [0.2, 0.25) is 0 Å². The lowest BCUT2D eigenvalue weighted by Crippen LogP contribution is -2.44. The number of hydrogen-bond donors (Lipinski definition) is 0. The summed E-state index contributed by atoms with van der Waals surface area (Å²) >= 11 is 0. The summed E-state index contributed by atoms with van der Waals surface area (Å²) in [5, 5.41) is 0. The fourth-order valence-corrected chi connectivity index (χ4v) is 4.63. The summed E-state index contributed by atoms with van der Waals surface area (Å²) in [7, 11) is 1.13. The first-order valence-electron chi connectivity index (χ1n) is 7.76. The molecule has 0 aromatic carbocycles. The third kappa shape index (κ3) is 2.17. The van der Waals surface area contributed by atoms with E-state index in [1.54, 1.807) is 0 Å². The molecule has 1 saturated heterocycles. The van der Waals surface area contributed by atoms with Gasteiger partial charge in [0.05, 0.1) is 5.60 Å². The van der Waals surface area contributed by atoms with Crippen LogP contribution in [0.4, 0.5) is 0 Å². The van der Waals surface area contributed by atoms with Crippen molar-refractivity contribution in [2.75, 3.05) is 0 Å². The summed E-state index contributed by atoms with van der Waals surface area (Å²) in [6.07, 6.45) is 3.59. The SMILES string of the molecule is C=C1CCC2(CC(C)C)OC(BC)C1C2C(C)C. The Morgan fingerprint density at radius 1 is 1.39 bits per heavy atom. The molecule has 1 nitrogen and oxygen atoms in total. The quantitative estimate of drug-likeness (QED) is 0.542. The number of rotatable bonds is 4. The second-order valence-electron chi connectivity index (χ2n) is 7.18. The van der Waals surface area contributed by atoms with Gasteiger partial charge in [0.25, 0.3) is 0 Å². The van der Waals surface area contributed by atoms with E-state index >= 15 is 0 Å². The van der Waals surface area contributed by atoms with Crippen LogP contribution in [0, 0.1) is 23.7 Å². The molecule has 4 unspecified atom stereocenters. The van der Waals surface area contributed by atoms with E-state index in [1.165, 1.54) is 24.8 Å². The van der Waals surface area contributed by atoms with Gasteiger partial charge in [0.15, 0.2) is 7.28 Å². The van der Waals surface area contributed by atoms with Gasteiger partial charge in [-0.3, -0.25) is 0 Å². The van der Waals surface area contributed by atoms with E-state index in [4.69, 9.17) is 4.74 Å². The van der Waals surface area contributed by atoms with Gasteiger partial charge in [-0.15, -0.1) is 0 Å². The van der Waals surface area contributed by atoms with Crippen LogP contribution >= 0.6 is 0 Å². The average molecular weight is 248 g/mol. The van der Waals surface area contributed by atoms with Gasteiger partial charge in [-0.25, -0.2) is 0 Å². The lowest BCUT2D eigenvalue weighted by atomic mass is 9.57. The van der Waals surface area contributed by atoms with Gasteiger partial charge in [0, 0.05) is 11.9 Å².